The van der Waals surface area contributed by atoms with Gasteiger partial charge in [0.05, 0.1) is 0 Å². The predicted octanol–water partition coefficient (Wildman–Crippen LogP) is 4.78. The highest BCUT2D eigenvalue weighted by Crippen LogP contribution is 2.43. The zero-order chi connectivity index (χ0) is 9.73. The molecule has 1 rings (SSSR count). The van der Waals surface area contributed by atoms with Crippen LogP contribution in [0.5, 0.6) is 0 Å². The third-order valence-electron chi connectivity index (χ3n) is 4.18. The van der Waals surface area contributed by atoms with Crippen LogP contribution in [0.3, 0.4) is 0 Å². The van der Waals surface area contributed by atoms with Crippen LogP contribution in [0.1, 0.15) is 72.1 Å². The summed E-state index contributed by atoms with van der Waals surface area (Å²) in [6.07, 6.45) is 11.6. The van der Waals surface area contributed by atoms with Crippen LogP contribution in [0.2, 0.25) is 0 Å². The van der Waals surface area contributed by atoms with E-state index < -0.39 is 0 Å². The Labute approximate surface area is 84.1 Å². The van der Waals surface area contributed by atoms with E-state index in [2.05, 4.69) is 20.8 Å². The molecule has 0 nitrogen and oxygen atoms in total. The molecule has 0 amide bonds. The average Bonchev–Trinajstić information content (AvgIpc) is 2.15. The van der Waals surface area contributed by atoms with Crippen molar-refractivity contribution in [2.75, 3.05) is 0 Å². The third-order valence-corrected chi connectivity index (χ3v) is 4.18. The second-order valence-electron chi connectivity index (χ2n) is 5.26. The minimum absolute atomic E-state index is 0.688. The lowest BCUT2D eigenvalue weighted by Crippen LogP contribution is -2.28. The van der Waals surface area contributed by atoms with Crippen LogP contribution < -0.4 is 0 Å². The Morgan fingerprint density at radius 1 is 1.15 bits per heavy atom. The summed E-state index contributed by atoms with van der Waals surface area (Å²) >= 11 is 0. The molecule has 1 saturated carbocycles. The fourth-order valence-electron chi connectivity index (χ4n) is 2.71. The lowest BCUT2D eigenvalue weighted by atomic mass is 9.66. The molecule has 1 atom stereocenters. The van der Waals surface area contributed by atoms with E-state index in [0.29, 0.717) is 5.41 Å². The lowest BCUT2D eigenvalue weighted by molar-refractivity contribution is 0.122. The van der Waals surface area contributed by atoms with Gasteiger partial charge in [0, 0.05) is 0 Å². The Bertz CT molecular complexity index is 131. The van der Waals surface area contributed by atoms with Gasteiger partial charge in [-0.1, -0.05) is 59.3 Å². The molecule has 0 radical (unpaired) electrons. The molecule has 0 bridgehead atoms. The van der Waals surface area contributed by atoms with Gasteiger partial charge in [0.1, 0.15) is 0 Å². The zero-order valence-electron chi connectivity index (χ0n) is 9.73. The van der Waals surface area contributed by atoms with Gasteiger partial charge in [-0.3, -0.25) is 0 Å². The summed E-state index contributed by atoms with van der Waals surface area (Å²) in [5.41, 5.74) is 0.688. The van der Waals surface area contributed by atoms with Crippen molar-refractivity contribution in [3.05, 3.63) is 0 Å². The molecule has 0 heterocycles. The quantitative estimate of drug-likeness (QED) is 0.587. The Hall–Kier alpha value is 0. The SMILES string of the molecule is CCCCC(C)C1(C)CCCCC1. The summed E-state index contributed by atoms with van der Waals surface area (Å²) in [5.74, 6) is 0.952. The molecular weight excluding hydrogens is 156 g/mol. The second-order valence-corrected chi connectivity index (χ2v) is 5.26. The van der Waals surface area contributed by atoms with E-state index >= 15 is 0 Å². The average molecular weight is 182 g/mol. The van der Waals surface area contributed by atoms with Crippen LogP contribution in [-0.4, -0.2) is 0 Å². The molecular formula is C13H26. The molecule has 0 aromatic rings. The summed E-state index contributed by atoms with van der Waals surface area (Å²) in [5, 5.41) is 0. The van der Waals surface area contributed by atoms with Crippen LogP contribution in [0.25, 0.3) is 0 Å². The maximum atomic E-state index is 2.52. The normalized spacial score (nSPS) is 24.2. The van der Waals surface area contributed by atoms with Crippen LogP contribution in [0.15, 0.2) is 0 Å². The highest BCUT2D eigenvalue weighted by atomic mass is 14.4. The molecule has 0 aliphatic heterocycles. The van der Waals surface area contributed by atoms with Crippen molar-refractivity contribution in [3.8, 4) is 0 Å². The minimum atomic E-state index is 0.688. The molecule has 0 heteroatoms. The third kappa shape index (κ3) is 3.00. The van der Waals surface area contributed by atoms with Crippen LogP contribution in [0.4, 0.5) is 0 Å². The molecule has 1 fully saturated rings. The van der Waals surface area contributed by atoms with Crippen LogP contribution in [0, 0.1) is 11.3 Å². The van der Waals surface area contributed by atoms with E-state index in [-0.39, 0.29) is 0 Å². The van der Waals surface area contributed by atoms with Gasteiger partial charge in [0.15, 0.2) is 0 Å². The maximum absolute atomic E-state index is 2.52. The van der Waals surface area contributed by atoms with Crippen LogP contribution >= 0.6 is 0 Å². The van der Waals surface area contributed by atoms with Gasteiger partial charge >= 0.3 is 0 Å². The molecule has 1 aliphatic carbocycles. The smallest absolute Gasteiger partial charge is 0.0300 e. The number of unbranched alkanes of at least 4 members (excludes halogenated alkanes) is 1. The van der Waals surface area contributed by atoms with E-state index in [1.54, 1.807) is 0 Å². The number of hydrogen-bond donors (Lipinski definition) is 0. The van der Waals surface area contributed by atoms with Gasteiger partial charge in [-0.15, -0.1) is 0 Å². The number of rotatable bonds is 4. The van der Waals surface area contributed by atoms with Crippen molar-refractivity contribution in [3.63, 3.8) is 0 Å². The fourth-order valence-corrected chi connectivity index (χ4v) is 2.71. The van der Waals surface area contributed by atoms with Gasteiger partial charge < -0.3 is 0 Å². The molecule has 78 valence electrons. The first-order chi connectivity index (χ1) is 6.19. The highest BCUT2D eigenvalue weighted by molar-refractivity contribution is 4.82. The van der Waals surface area contributed by atoms with E-state index in [0.717, 1.165) is 5.92 Å². The summed E-state index contributed by atoms with van der Waals surface area (Å²) in [7, 11) is 0. The van der Waals surface area contributed by atoms with E-state index in [1.807, 2.05) is 0 Å². The van der Waals surface area contributed by atoms with Crippen molar-refractivity contribution in [1.29, 1.82) is 0 Å². The van der Waals surface area contributed by atoms with E-state index in [9.17, 15) is 0 Å². The van der Waals surface area contributed by atoms with Gasteiger partial charge in [-0.2, -0.15) is 0 Å². The molecule has 0 spiro atoms. The van der Waals surface area contributed by atoms with E-state index in [4.69, 9.17) is 0 Å². The Morgan fingerprint density at radius 2 is 1.77 bits per heavy atom. The second kappa shape index (κ2) is 5.02. The zero-order valence-corrected chi connectivity index (χ0v) is 9.73. The summed E-state index contributed by atoms with van der Waals surface area (Å²) in [6, 6.07) is 0. The highest BCUT2D eigenvalue weighted by Gasteiger charge is 2.31. The summed E-state index contributed by atoms with van der Waals surface area (Å²) < 4.78 is 0. The molecule has 0 aromatic carbocycles. The van der Waals surface area contributed by atoms with Gasteiger partial charge in [-0.25, -0.2) is 0 Å². The van der Waals surface area contributed by atoms with E-state index in [1.165, 1.54) is 51.4 Å². The first-order valence-corrected chi connectivity index (χ1v) is 6.19. The standard InChI is InChI=1S/C13H26/c1-4-5-9-12(2)13(3)10-7-6-8-11-13/h12H,4-11H2,1-3H3. The molecule has 0 aromatic heterocycles. The predicted molar refractivity (Wildman–Crippen MR) is 59.9 cm³/mol. The molecule has 13 heavy (non-hydrogen) atoms. The fraction of sp³-hybridized carbons (Fsp3) is 1.00. The van der Waals surface area contributed by atoms with Gasteiger partial charge in [0.2, 0.25) is 0 Å². The van der Waals surface area contributed by atoms with Crippen molar-refractivity contribution in [2.24, 2.45) is 11.3 Å². The Morgan fingerprint density at radius 3 is 2.31 bits per heavy atom. The summed E-state index contributed by atoms with van der Waals surface area (Å²) in [4.78, 5) is 0. The maximum Gasteiger partial charge on any atom is -0.0300 e. The van der Waals surface area contributed by atoms with Crippen molar-refractivity contribution in [2.45, 2.75) is 72.1 Å². The first kappa shape index (κ1) is 11.1. The van der Waals surface area contributed by atoms with Crippen molar-refractivity contribution in [1.82, 2.24) is 0 Å². The number of hydrogen-bond acceptors (Lipinski definition) is 0. The molecule has 0 N–H and O–H groups in total. The Kier molecular flexibility index (Phi) is 4.28. The lowest BCUT2D eigenvalue weighted by Gasteiger charge is -2.39. The Balaban J connectivity index is 2.37. The van der Waals surface area contributed by atoms with Crippen molar-refractivity contribution < 1.29 is 0 Å². The topological polar surface area (TPSA) is 0 Å². The summed E-state index contributed by atoms with van der Waals surface area (Å²) in [6.45, 7) is 7.30. The largest absolute Gasteiger partial charge is 0.0654 e. The van der Waals surface area contributed by atoms with Crippen molar-refractivity contribution >= 4 is 0 Å². The van der Waals surface area contributed by atoms with Crippen LogP contribution in [-0.2, 0) is 0 Å². The molecule has 0 saturated heterocycles. The minimum Gasteiger partial charge on any atom is -0.0654 e. The molecule has 1 aliphatic rings. The first-order valence-electron chi connectivity index (χ1n) is 6.19. The monoisotopic (exact) mass is 182 g/mol. The van der Waals surface area contributed by atoms with Gasteiger partial charge in [-0.05, 0) is 24.2 Å². The van der Waals surface area contributed by atoms with Gasteiger partial charge in [0.25, 0.3) is 0 Å². The molecule has 1 unspecified atom stereocenters.